The highest BCUT2D eigenvalue weighted by molar-refractivity contribution is 8.00. The molecule has 2 fully saturated rings. The van der Waals surface area contributed by atoms with Crippen LogP contribution in [0.3, 0.4) is 0 Å². The average Bonchev–Trinajstić information content (AvgIpc) is 2.72. The van der Waals surface area contributed by atoms with E-state index in [1.165, 1.54) is 44.5 Å². The summed E-state index contributed by atoms with van der Waals surface area (Å²) in [5.74, 6) is 2.18. The second-order valence-corrected chi connectivity index (χ2v) is 8.28. The third kappa shape index (κ3) is 2.82. The lowest BCUT2D eigenvalue weighted by atomic mass is 9.91. The summed E-state index contributed by atoms with van der Waals surface area (Å²) in [6.45, 7) is 10.4. The molecule has 2 unspecified atom stereocenters. The van der Waals surface area contributed by atoms with E-state index in [9.17, 15) is 0 Å². The summed E-state index contributed by atoms with van der Waals surface area (Å²) in [5.41, 5.74) is 6.49. The summed E-state index contributed by atoms with van der Waals surface area (Å²) in [5, 5.41) is 0. The molecule has 17 heavy (non-hydrogen) atoms. The average molecular weight is 256 g/mol. The standard InChI is InChI=1S/C14H28N2S/c1-4-12-5-6-14(9-12,10-15)16-7-8-17-13(2,3)11-16/h12H,4-11,15H2,1-3H3. The molecule has 0 radical (unpaired) electrons. The van der Waals surface area contributed by atoms with Crippen LogP contribution in [0.5, 0.6) is 0 Å². The molecule has 3 heteroatoms. The van der Waals surface area contributed by atoms with E-state index in [1.807, 2.05) is 0 Å². The van der Waals surface area contributed by atoms with Crippen LogP contribution in [0.2, 0.25) is 0 Å². The molecule has 0 aromatic rings. The largest absolute Gasteiger partial charge is 0.329 e. The van der Waals surface area contributed by atoms with Crippen LogP contribution in [0.4, 0.5) is 0 Å². The molecule has 1 saturated carbocycles. The maximum atomic E-state index is 6.16. The Labute approximate surface area is 111 Å². The maximum absolute atomic E-state index is 6.16. The van der Waals surface area contributed by atoms with Gasteiger partial charge in [-0.1, -0.05) is 13.3 Å². The molecule has 100 valence electrons. The number of nitrogens with two attached hydrogens (primary N) is 1. The molecule has 0 aromatic heterocycles. The second-order valence-electron chi connectivity index (χ2n) is 6.48. The van der Waals surface area contributed by atoms with Gasteiger partial charge in [0.1, 0.15) is 0 Å². The van der Waals surface area contributed by atoms with Gasteiger partial charge in [0.2, 0.25) is 0 Å². The zero-order chi connectivity index (χ0) is 12.5. The number of rotatable bonds is 3. The molecule has 1 aliphatic carbocycles. The Bertz CT molecular complexity index is 267. The Morgan fingerprint density at radius 2 is 2.18 bits per heavy atom. The summed E-state index contributed by atoms with van der Waals surface area (Å²) in [4.78, 5) is 2.72. The van der Waals surface area contributed by atoms with Gasteiger partial charge in [0, 0.05) is 35.7 Å². The lowest BCUT2D eigenvalue weighted by Crippen LogP contribution is -2.58. The molecule has 2 aliphatic rings. The van der Waals surface area contributed by atoms with Crippen molar-refractivity contribution >= 4 is 11.8 Å². The van der Waals surface area contributed by atoms with Gasteiger partial charge in [-0.25, -0.2) is 0 Å². The SMILES string of the molecule is CCC1CCC(CN)(N2CCSC(C)(C)C2)C1. The van der Waals surface area contributed by atoms with Crippen LogP contribution in [-0.4, -0.2) is 40.6 Å². The first-order valence-corrected chi connectivity index (χ1v) is 8.09. The predicted molar refractivity (Wildman–Crippen MR) is 77.5 cm³/mol. The zero-order valence-corrected chi connectivity index (χ0v) is 12.5. The summed E-state index contributed by atoms with van der Waals surface area (Å²) in [6.07, 6.45) is 5.37. The lowest BCUT2D eigenvalue weighted by molar-refractivity contribution is 0.0892. The molecule has 0 spiro atoms. The Hall–Kier alpha value is 0.270. The molecule has 2 atom stereocenters. The van der Waals surface area contributed by atoms with Crippen LogP contribution >= 0.6 is 11.8 Å². The van der Waals surface area contributed by atoms with Crippen molar-refractivity contribution in [3.63, 3.8) is 0 Å². The molecular formula is C14H28N2S. The van der Waals surface area contributed by atoms with E-state index in [0.29, 0.717) is 10.3 Å². The molecule has 2 nitrogen and oxygen atoms in total. The molecule has 1 aliphatic heterocycles. The van der Waals surface area contributed by atoms with Crippen molar-refractivity contribution in [3.05, 3.63) is 0 Å². The van der Waals surface area contributed by atoms with Crippen molar-refractivity contribution in [3.8, 4) is 0 Å². The van der Waals surface area contributed by atoms with E-state index < -0.39 is 0 Å². The van der Waals surface area contributed by atoms with Crippen molar-refractivity contribution in [2.75, 3.05) is 25.4 Å². The highest BCUT2D eigenvalue weighted by atomic mass is 32.2. The van der Waals surface area contributed by atoms with Crippen LogP contribution in [0.1, 0.15) is 46.5 Å². The molecular weight excluding hydrogens is 228 g/mol. The van der Waals surface area contributed by atoms with Crippen LogP contribution in [0.25, 0.3) is 0 Å². The van der Waals surface area contributed by atoms with E-state index >= 15 is 0 Å². The third-order valence-electron chi connectivity index (χ3n) is 4.74. The quantitative estimate of drug-likeness (QED) is 0.842. The normalized spacial score (nSPS) is 38.5. The van der Waals surface area contributed by atoms with Crippen molar-refractivity contribution in [1.82, 2.24) is 4.90 Å². The zero-order valence-electron chi connectivity index (χ0n) is 11.7. The Morgan fingerprint density at radius 3 is 2.71 bits per heavy atom. The Morgan fingerprint density at radius 1 is 1.41 bits per heavy atom. The van der Waals surface area contributed by atoms with Gasteiger partial charge in [0.25, 0.3) is 0 Å². The Kier molecular flexibility index (Phi) is 4.11. The summed E-state index contributed by atoms with van der Waals surface area (Å²) in [6, 6.07) is 0. The van der Waals surface area contributed by atoms with Crippen molar-refractivity contribution in [1.29, 1.82) is 0 Å². The smallest absolute Gasteiger partial charge is 0.0335 e. The highest BCUT2D eigenvalue weighted by Gasteiger charge is 2.44. The summed E-state index contributed by atoms with van der Waals surface area (Å²) in [7, 11) is 0. The molecule has 0 aromatic carbocycles. The van der Waals surface area contributed by atoms with E-state index in [0.717, 1.165) is 12.5 Å². The van der Waals surface area contributed by atoms with Gasteiger partial charge < -0.3 is 5.73 Å². The lowest BCUT2D eigenvalue weighted by Gasteiger charge is -2.48. The topological polar surface area (TPSA) is 29.3 Å². The van der Waals surface area contributed by atoms with Gasteiger partial charge >= 0.3 is 0 Å². The third-order valence-corrected chi connectivity index (χ3v) is 6.04. The molecule has 1 heterocycles. The summed E-state index contributed by atoms with van der Waals surface area (Å²) < 4.78 is 0.407. The number of hydrogen-bond donors (Lipinski definition) is 1. The molecule has 2 N–H and O–H groups in total. The van der Waals surface area contributed by atoms with Crippen LogP contribution in [-0.2, 0) is 0 Å². The van der Waals surface area contributed by atoms with Gasteiger partial charge in [0.05, 0.1) is 0 Å². The van der Waals surface area contributed by atoms with Gasteiger partial charge in [-0.05, 0) is 39.0 Å². The number of nitrogens with zero attached hydrogens (tertiary/aromatic N) is 1. The van der Waals surface area contributed by atoms with Crippen LogP contribution in [0.15, 0.2) is 0 Å². The highest BCUT2D eigenvalue weighted by Crippen LogP contribution is 2.43. The second kappa shape index (κ2) is 5.10. The fraction of sp³-hybridized carbons (Fsp3) is 1.00. The number of thioether (sulfide) groups is 1. The van der Waals surface area contributed by atoms with Crippen LogP contribution in [0, 0.1) is 5.92 Å². The first-order chi connectivity index (χ1) is 8.01. The van der Waals surface area contributed by atoms with E-state index in [-0.39, 0.29) is 0 Å². The maximum Gasteiger partial charge on any atom is 0.0335 e. The Balaban J connectivity index is 2.08. The fourth-order valence-corrected chi connectivity index (χ4v) is 4.70. The monoisotopic (exact) mass is 256 g/mol. The first kappa shape index (κ1) is 13.7. The van der Waals surface area contributed by atoms with Crippen molar-refractivity contribution < 1.29 is 0 Å². The van der Waals surface area contributed by atoms with E-state index in [4.69, 9.17) is 5.73 Å². The first-order valence-electron chi connectivity index (χ1n) is 7.10. The van der Waals surface area contributed by atoms with E-state index in [1.54, 1.807) is 0 Å². The predicted octanol–water partition coefficient (Wildman–Crippen LogP) is 2.72. The minimum atomic E-state index is 0.332. The van der Waals surface area contributed by atoms with Crippen molar-refractivity contribution in [2.24, 2.45) is 11.7 Å². The minimum absolute atomic E-state index is 0.332. The van der Waals surface area contributed by atoms with Gasteiger partial charge in [-0.2, -0.15) is 11.8 Å². The van der Waals surface area contributed by atoms with Gasteiger partial charge in [-0.15, -0.1) is 0 Å². The molecule has 0 amide bonds. The van der Waals surface area contributed by atoms with Crippen molar-refractivity contribution in [2.45, 2.75) is 56.7 Å². The van der Waals surface area contributed by atoms with Crippen LogP contribution < -0.4 is 5.73 Å². The minimum Gasteiger partial charge on any atom is -0.329 e. The van der Waals surface area contributed by atoms with Gasteiger partial charge in [0.15, 0.2) is 0 Å². The molecule has 0 bridgehead atoms. The number of hydrogen-bond acceptors (Lipinski definition) is 3. The fourth-order valence-electron chi connectivity index (χ4n) is 3.59. The molecule has 1 saturated heterocycles. The van der Waals surface area contributed by atoms with Gasteiger partial charge in [-0.3, -0.25) is 4.90 Å². The van der Waals surface area contributed by atoms with E-state index in [2.05, 4.69) is 37.4 Å². The summed E-state index contributed by atoms with van der Waals surface area (Å²) >= 11 is 2.12. The molecule has 2 rings (SSSR count).